The minimum atomic E-state index is -0.910. The molecular weight excluding hydrogens is 380 g/mol. The number of hydrogen-bond donors (Lipinski definition) is 1. The number of aliphatic hydroxyl groups excluding tert-OH is 1. The van der Waals surface area contributed by atoms with Crippen molar-refractivity contribution >= 4 is 29.5 Å². The summed E-state index contributed by atoms with van der Waals surface area (Å²) in [5.41, 5.74) is 1.15. The molecule has 0 saturated heterocycles. The fourth-order valence-electron chi connectivity index (χ4n) is 2.90. The summed E-state index contributed by atoms with van der Waals surface area (Å²) in [6, 6.07) is 12.4. The van der Waals surface area contributed by atoms with Gasteiger partial charge in [0.2, 0.25) is 0 Å². The van der Waals surface area contributed by atoms with Crippen molar-refractivity contribution in [1.82, 2.24) is 4.90 Å². The van der Waals surface area contributed by atoms with E-state index in [1.54, 1.807) is 31.2 Å². The summed E-state index contributed by atoms with van der Waals surface area (Å²) in [6.07, 6.45) is 0.586. The molecule has 0 bridgehead atoms. The highest BCUT2D eigenvalue weighted by atomic mass is 35.5. The predicted octanol–water partition coefficient (Wildman–Crippen LogP) is 3.57. The number of halogens is 1. The average Bonchev–Trinajstić information content (AvgIpc) is 3.12. The Morgan fingerprint density at radius 1 is 1.21 bits per heavy atom. The Hall–Kier alpha value is -3.14. The number of aliphatic hydroxyl groups is 1. The smallest absolute Gasteiger partial charge is 0.271 e. The summed E-state index contributed by atoms with van der Waals surface area (Å²) in [5.74, 6) is -0.293. The number of imide groups is 1. The standard InChI is InChI=1S/C21H17ClN2O4/c1-12(25)11-24-20(26)17(13(2)18(10-23)21(24)27)9-16-7-8-19(28-16)14-3-5-15(22)6-4-14/h3-9,12,25H,11H2,1-2H3. The van der Waals surface area contributed by atoms with Crippen molar-refractivity contribution in [2.24, 2.45) is 0 Å². The Morgan fingerprint density at radius 3 is 2.50 bits per heavy atom. The summed E-state index contributed by atoms with van der Waals surface area (Å²) in [7, 11) is 0. The van der Waals surface area contributed by atoms with Crippen LogP contribution < -0.4 is 0 Å². The van der Waals surface area contributed by atoms with Crippen molar-refractivity contribution in [1.29, 1.82) is 5.26 Å². The van der Waals surface area contributed by atoms with Crippen LogP contribution in [0.1, 0.15) is 19.6 Å². The van der Waals surface area contributed by atoms with E-state index in [9.17, 15) is 20.0 Å². The molecule has 1 atom stereocenters. The predicted molar refractivity (Wildman–Crippen MR) is 104 cm³/mol. The van der Waals surface area contributed by atoms with Crippen LogP contribution in [0.4, 0.5) is 0 Å². The van der Waals surface area contributed by atoms with Gasteiger partial charge in [0.1, 0.15) is 23.2 Å². The Balaban J connectivity index is 2.01. The largest absolute Gasteiger partial charge is 0.457 e. The topological polar surface area (TPSA) is 94.5 Å². The van der Waals surface area contributed by atoms with E-state index < -0.39 is 17.9 Å². The molecule has 1 unspecified atom stereocenters. The lowest BCUT2D eigenvalue weighted by atomic mass is 9.94. The molecule has 3 rings (SSSR count). The van der Waals surface area contributed by atoms with Gasteiger partial charge >= 0.3 is 0 Å². The molecule has 1 aliphatic rings. The van der Waals surface area contributed by atoms with Crippen LogP contribution in [0.3, 0.4) is 0 Å². The van der Waals surface area contributed by atoms with E-state index in [0.29, 0.717) is 16.5 Å². The van der Waals surface area contributed by atoms with Crippen LogP contribution in [0.5, 0.6) is 0 Å². The molecule has 2 amide bonds. The third-order valence-corrected chi connectivity index (χ3v) is 4.57. The van der Waals surface area contributed by atoms with Crippen molar-refractivity contribution in [3.8, 4) is 17.4 Å². The van der Waals surface area contributed by atoms with Crippen molar-refractivity contribution < 1.29 is 19.1 Å². The van der Waals surface area contributed by atoms with Crippen LogP contribution in [-0.2, 0) is 9.59 Å². The van der Waals surface area contributed by atoms with Gasteiger partial charge in [0, 0.05) is 16.2 Å². The zero-order valence-electron chi connectivity index (χ0n) is 15.3. The molecule has 0 aliphatic carbocycles. The third kappa shape index (κ3) is 3.77. The molecule has 6 nitrogen and oxygen atoms in total. The molecule has 1 aromatic heterocycles. The van der Waals surface area contributed by atoms with Gasteiger partial charge in [-0.15, -0.1) is 0 Å². The zero-order valence-corrected chi connectivity index (χ0v) is 16.0. The van der Waals surface area contributed by atoms with E-state index in [2.05, 4.69) is 0 Å². The van der Waals surface area contributed by atoms with Crippen LogP contribution in [0, 0.1) is 11.3 Å². The average molecular weight is 397 g/mol. The first kappa shape index (κ1) is 19.6. The lowest BCUT2D eigenvalue weighted by molar-refractivity contribution is -0.141. The highest BCUT2D eigenvalue weighted by molar-refractivity contribution is 6.30. The fraction of sp³-hybridized carbons (Fsp3) is 0.190. The number of furan rings is 1. The first-order valence-corrected chi connectivity index (χ1v) is 8.92. The van der Waals surface area contributed by atoms with E-state index in [1.165, 1.54) is 13.0 Å². The molecule has 0 fully saturated rings. The fourth-order valence-corrected chi connectivity index (χ4v) is 3.03. The number of carbonyl (C=O) groups excluding carboxylic acids is 2. The van der Waals surface area contributed by atoms with Gasteiger partial charge in [-0.3, -0.25) is 14.5 Å². The van der Waals surface area contributed by atoms with E-state index in [4.69, 9.17) is 16.0 Å². The molecule has 0 spiro atoms. The van der Waals surface area contributed by atoms with Gasteiger partial charge in [0.05, 0.1) is 12.6 Å². The molecule has 2 aromatic rings. The van der Waals surface area contributed by atoms with E-state index >= 15 is 0 Å². The molecule has 142 valence electrons. The number of rotatable bonds is 4. The van der Waals surface area contributed by atoms with Crippen LogP contribution in [0.25, 0.3) is 17.4 Å². The number of carbonyl (C=O) groups is 2. The van der Waals surface area contributed by atoms with Crippen LogP contribution in [0.2, 0.25) is 5.02 Å². The highest BCUT2D eigenvalue weighted by Crippen LogP contribution is 2.29. The quantitative estimate of drug-likeness (QED) is 0.629. The number of hydrogen-bond acceptors (Lipinski definition) is 5. The minimum Gasteiger partial charge on any atom is -0.457 e. The maximum absolute atomic E-state index is 12.8. The second-order valence-electron chi connectivity index (χ2n) is 6.45. The first-order valence-electron chi connectivity index (χ1n) is 8.55. The van der Waals surface area contributed by atoms with Gasteiger partial charge in [-0.25, -0.2) is 0 Å². The molecular formula is C21H17ClN2O4. The van der Waals surface area contributed by atoms with Gasteiger partial charge in [-0.05, 0) is 61.9 Å². The second kappa shape index (κ2) is 7.85. The summed E-state index contributed by atoms with van der Waals surface area (Å²) >= 11 is 5.90. The summed E-state index contributed by atoms with van der Waals surface area (Å²) in [6.45, 7) is 2.82. The molecule has 0 saturated carbocycles. The third-order valence-electron chi connectivity index (χ3n) is 4.31. The summed E-state index contributed by atoms with van der Waals surface area (Å²) < 4.78 is 5.79. The van der Waals surface area contributed by atoms with Gasteiger partial charge in [0.15, 0.2) is 0 Å². The number of nitriles is 1. The van der Waals surface area contributed by atoms with Crippen molar-refractivity contribution in [2.45, 2.75) is 20.0 Å². The molecule has 1 aliphatic heterocycles. The van der Waals surface area contributed by atoms with Crippen LogP contribution >= 0.6 is 11.6 Å². The Bertz CT molecular complexity index is 1040. The monoisotopic (exact) mass is 396 g/mol. The molecule has 7 heteroatoms. The number of amides is 2. The van der Waals surface area contributed by atoms with Gasteiger partial charge in [-0.1, -0.05) is 11.6 Å². The minimum absolute atomic E-state index is 0.129. The van der Waals surface area contributed by atoms with Crippen LogP contribution in [-0.4, -0.2) is 34.5 Å². The van der Waals surface area contributed by atoms with Gasteiger partial charge < -0.3 is 9.52 Å². The second-order valence-corrected chi connectivity index (χ2v) is 6.89. The molecule has 2 heterocycles. The molecule has 28 heavy (non-hydrogen) atoms. The normalized spacial score (nSPS) is 17.2. The highest BCUT2D eigenvalue weighted by Gasteiger charge is 2.36. The Kier molecular flexibility index (Phi) is 5.50. The van der Waals surface area contributed by atoms with Crippen LogP contribution in [0.15, 0.2) is 57.5 Å². The van der Waals surface area contributed by atoms with Crippen molar-refractivity contribution in [3.05, 3.63) is 63.9 Å². The van der Waals surface area contributed by atoms with E-state index in [0.717, 1.165) is 10.5 Å². The summed E-state index contributed by atoms with van der Waals surface area (Å²) in [4.78, 5) is 26.0. The zero-order chi connectivity index (χ0) is 20.4. The summed E-state index contributed by atoms with van der Waals surface area (Å²) in [5, 5.41) is 19.5. The number of β-amino-alcohol motifs (C(OH)–C–C–N with tert-alkyl or cyclic N) is 1. The maximum Gasteiger partial charge on any atom is 0.271 e. The lowest BCUT2D eigenvalue weighted by Crippen LogP contribution is -2.45. The lowest BCUT2D eigenvalue weighted by Gasteiger charge is -2.28. The van der Waals surface area contributed by atoms with Gasteiger partial charge in [0.25, 0.3) is 11.8 Å². The Morgan fingerprint density at radius 2 is 1.89 bits per heavy atom. The van der Waals surface area contributed by atoms with E-state index in [1.807, 2.05) is 18.2 Å². The van der Waals surface area contributed by atoms with E-state index in [-0.39, 0.29) is 23.3 Å². The van der Waals surface area contributed by atoms with Gasteiger partial charge in [-0.2, -0.15) is 5.26 Å². The molecule has 1 aromatic carbocycles. The molecule has 1 N–H and O–H groups in total. The maximum atomic E-state index is 12.8. The SMILES string of the molecule is CC1=C(C#N)C(=O)N(CC(C)O)C(=O)C1=Cc1ccc(-c2ccc(Cl)cc2)o1. The first-order chi connectivity index (χ1) is 13.3. The molecule has 0 radical (unpaired) electrons. The van der Waals surface area contributed by atoms with Crippen molar-refractivity contribution in [2.75, 3.05) is 6.54 Å². The Labute approximate surface area is 166 Å². The van der Waals surface area contributed by atoms with Crippen molar-refractivity contribution in [3.63, 3.8) is 0 Å². The number of nitrogens with zero attached hydrogens (tertiary/aromatic N) is 2. The number of benzene rings is 1.